The molecular weight excluding hydrogens is 311 g/mol. The molecular formula is C18H13FN2O3. The zero-order valence-electron chi connectivity index (χ0n) is 12.7. The minimum atomic E-state index is -0.636. The van der Waals surface area contributed by atoms with Gasteiger partial charge in [-0.15, -0.1) is 0 Å². The Labute approximate surface area is 136 Å². The van der Waals surface area contributed by atoms with E-state index in [-0.39, 0.29) is 16.7 Å². The Hall–Kier alpha value is -3.28. The van der Waals surface area contributed by atoms with Crippen molar-refractivity contribution in [2.45, 2.75) is 6.92 Å². The fourth-order valence-electron chi connectivity index (χ4n) is 2.37. The van der Waals surface area contributed by atoms with Gasteiger partial charge in [-0.05, 0) is 37.3 Å². The molecule has 0 saturated heterocycles. The van der Waals surface area contributed by atoms with E-state index >= 15 is 0 Å². The van der Waals surface area contributed by atoms with Gasteiger partial charge in [0, 0.05) is 28.4 Å². The molecule has 0 aliphatic rings. The summed E-state index contributed by atoms with van der Waals surface area (Å²) >= 11 is 0. The lowest BCUT2D eigenvalue weighted by atomic mass is 10.1. The van der Waals surface area contributed by atoms with Crippen LogP contribution < -0.4 is 10.7 Å². The Kier molecular flexibility index (Phi) is 3.95. The number of benzene rings is 2. The largest absolute Gasteiger partial charge is 0.360 e. The van der Waals surface area contributed by atoms with Crippen LogP contribution in [0.2, 0.25) is 0 Å². The number of ketones is 1. The molecule has 1 heterocycles. The van der Waals surface area contributed by atoms with E-state index in [9.17, 15) is 18.8 Å². The first-order chi connectivity index (χ1) is 11.5. The van der Waals surface area contributed by atoms with Crippen LogP contribution in [0.25, 0.3) is 10.9 Å². The predicted molar refractivity (Wildman–Crippen MR) is 88.9 cm³/mol. The number of hydrogen-bond donors (Lipinski definition) is 2. The molecule has 0 unspecified atom stereocenters. The second-order valence-electron chi connectivity index (χ2n) is 5.31. The van der Waals surface area contributed by atoms with Crippen molar-refractivity contribution in [2.24, 2.45) is 0 Å². The Morgan fingerprint density at radius 3 is 2.67 bits per heavy atom. The van der Waals surface area contributed by atoms with Crippen LogP contribution in [0.15, 0.2) is 53.5 Å². The van der Waals surface area contributed by atoms with Gasteiger partial charge in [0.25, 0.3) is 5.91 Å². The molecule has 24 heavy (non-hydrogen) atoms. The normalized spacial score (nSPS) is 10.6. The summed E-state index contributed by atoms with van der Waals surface area (Å²) in [6, 6.07) is 10.1. The second kappa shape index (κ2) is 6.08. The number of halogens is 1. The maximum atomic E-state index is 13.3. The van der Waals surface area contributed by atoms with Crippen LogP contribution in [0.3, 0.4) is 0 Å². The van der Waals surface area contributed by atoms with Crippen LogP contribution in [-0.2, 0) is 0 Å². The molecule has 0 saturated carbocycles. The first kappa shape index (κ1) is 15.6. The zero-order chi connectivity index (χ0) is 17.3. The van der Waals surface area contributed by atoms with Gasteiger partial charge in [0.2, 0.25) is 5.43 Å². The highest BCUT2D eigenvalue weighted by Crippen LogP contribution is 2.14. The molecule has 5 nitrogen and oxygen atoms in total. The van der Waals surface area contributed by atoms with E-state index in [4.69, 9.17) is 0 Å². The summed E-state index contributed by atoms with van der Waals surface area (Å²) in [7, 11) is 0. The van der Waals surface area contributed by atoms with Crippen LogP contribution in [0, 0.1) is 5.82 Å². The van der Waals surface area contributed by atoms with Crippen molar-refractivity contribution in [3.05, 3.63) is 75.8 Å². The quantitative estimate of drug-likeness (QED) is 0.727. The number of fused-ring (bicyclic) bond motifs is 1. The Morgan fingerprint density at radius 2 is 1.92 bits per heavy atom. The molecule has 120 valence electrons. The molecule has 1 amide bonds. The van der Waals surface area contributed by atoms with E-state index in [0.29, 0.717) is 16.8 Å². The van der Waals surface area contributed by atoms with Crippen LogP contribution in [0.4, 0.5) is 10.1 Å². The van der Waals surface area contributed by atoms with E-state index in [1.54, 1.807) is 18.2 Å². The third kappa shape index (κ3) is 2.94. The van der Waals surface area contributed by atoms with Gasteiger partial charge in [-0.1, -0.05) is 12.1 Å². The van der Waals surface area contributed by atoms with Crippen LogP contribution in [-0.4, -0.2) is 16.7 Å². The highest BCUT2D eigenvalue weighted by atomic mass is 19.1. The number of nitrogens with one attached hydrogen (secondary N) is 2. The van der Waals surface area contributed by atoms with Gasteiger partial charge >= 0.3 is 0 Å². The highest BCUT2D eigenvalue weighted by Gasteiger charge is 2.14. The lowest BCUT2D eigenvalue weighted by Crippen LogP contribution is -2.22. The van der Waals surface area contributed by atoms with E-state index in [1.807, 2.05) is 0 Å². The van der Waals surface area contributed by atoms with E-state index in [1.165, 1.54) is 31.3 Å². The molecule has 0 atom stereocenters. The number of carbonyl (C=O) groups excluding carboxylic acids is 2. The van der Waals surface area contributed by atoms with E-state index in [0.717, 1.165) is 6.07 Å². The number of pyridine rings is 1. The summed E-state index contributed by atoms with van der Waals surface area (Å²) in [6.07, 6.45) is 1.28. The van der Waals surface area contributed by atoms with Crippen LogP contribution in [0.1, 0.15) is 27.6 Å². The Bertz CT molecular complexity index is 1020. The number of amides is 1. The minimum Gasteiger partial charge on any atom is -0.360 e. The molecule has 2 N–H and O–H groups in total. The summed E-state index contributed by atoms with van der Waals surface area (Å²) in [6.45, 7) is 1.42. The van der Waals surface area contributed by atoms with Crippen molar-refractivity contribution < 1.29 is 14.0 Å². The van der Waals surface area contributed by atoms with E-state index < -0.39 is 17.2 Å². The minimum absolute atomic E-state index is 0.0973. The number of Topliss-reactive ketones (excluding diaryl/α,β-unsaturated/α-hetero) is 1. The number of carbonyl (C=O) groups is 2. The number of anilines is 1. The molecule has 0 spiro atoms. The van der Waals surface area contributed by atoms with Gasteiger partial charge in [-0.25, -0.2) is 4.39 Å². The molecule has 0 bridgehead atoms. The number of aromatic amines is 1. The van der Waals surface area contributed by atoms with Crippen molar-refractivity contribution in [1.29, 1.82) is 0 Å². The monoisotopic (exact) mass is 324 g/mol. The lowest BCUT2D eigenvalue weighted by molar-refractivity contribution is 0.101. The fraction of sp³-hybridized carbons (Fsp3) is 0.0556. The molecule has 0 fully saturated rings. The van der Waals surface area contributed by atoms with Gasteiger partial charge in [-0.2, -0.15) is 0 Å². The molecule has 1 aromatic heterocycles. The molecule has 6 heteroatoms. The fourth-order valence-corrected chi connectivity index (χ4v) is 2.37. The molecule has 3 aromatic rings. The topological polar surface area (TPSA) is 79.0 Å². The average molecular weight is 324 g/mol. The molecule has 2 aromatic carbocycles. The smallest absolute Gasteiger partial charge is 0.261 e. The lowest BCUT2D eigenvalue weighted by Gasteiger charge is -2.07. The predicted octanol–water partition coefficient (Wildman–Crippen LogP) is 3.12. The first-order valence-corrected chi connectivity index (χ1v) is 7.19. The summed E-state index contributed by atoms with van der Waals surface area (Å²) in [4.78, 5) is 38.9. The Balaban J connectivity index is 1.97. The van der Waals surface area contributed by atoms with Gasteiger partial charge < -0.3 is 10.3 Å². The van der Waals surface area contributed by atoms with Gasteiger partial charge in [0.05, 0.1) is 0 Å². The van der Waals surface area contributed by atoms with Gasteiger partial charge in [0.15, 0.2) is 5.78 Å². The number of hydrogen-bond acceptors (Lipinski definition) is 3. The third-order valence-corrected chi connectivity index (χ3v) is 3.61. The number of aromatic nitrogens is 1. The standard InChI is InChI=1S/C18H13FN2O3/c1-10(22)11-3-2-4-13(7-11)21-18(24)15-9-20-16-6-5-12(19)8-14(16)17(15)23/h2-9H,1H3,(H,20,23)(H,21,24). The van der Waals surface area contributed by atoms with Gasteiger partial charge in [-0.3, -0.25) is 14.4 Å². The van der Waals surface area contributed by atoms with Gasteiger partial charge in [0.1, 0.15) is 11.4 Å². The summed E-state index contributed by atoms with van der Waals surface area (Å²) < 4.78 is 13.3. The highest BCUT2D eigenvalue weighted by molar-refractivity contribution is 6.06. The van der Waals surface area contributed by atoms with Crippen LogP contribution >= 0.6 is 0 Å². The third-order valence-electron chi connectivity index (χ3n) is 3.61. The van der Waals surface area contributed by atoms with Crippen molar-refractivity contribution in [3.8, 4) is 0 Å². The summed E-state index contributed by atoms with van der Waals surface area (Å²) in [5.41, 5.74) is 0.579. The average Bonchev–Trinajstić information content (AvgIpc) is 2.56. The summed E-state index contributed by atoms with van der Waals surface area (Å²) in [5.74, 6) is -1.33. The van der Waals surface area contributed by atoms with Crippen molar-refractivity contribution in [1.82, 2.24) is 4.98 Å². The second-order valence-corrected chi connectivity index (χ2v) is 5.31. The number of rotatable bonds is 3. The molecule has 0 aliphatic carbocycles. The summed E-state index contributed by atoms with van der Waals surface area (Å²) in [5, 5.41) is 2.67. The Morgan fingerprint density at radius 1 is 1.12 bits per heavy atom. The van der Waals surface area contributed by atoms with Crippen molar-refractivity contribution >= 4 is 28.3 Å². The SMILES string of the molecule is CC(=O)c1cccc(NC(=O)c2c[nH]c3ccc(F)cc3c2=O)c1. The number of H-pyrrole nitrogens is 1. The zero-order valence-corrected chi connectivity index (χ0v) is 12.7. The van der Waals surface area contributed by atoms with Crippen LogP contribution in [0.5, 0.6) is 0 Å². The molecule has 0 radical (unpaired) electrons. The maximum absolute atomic E-state index is 13.3. The van der Waals surface area contributed by atoms with Crippen molar-refractivity contribution in [3.63, 3.8) is 0 Å². The molecule has 3 rings (SSSR count). The van der Waals surface area contributed by atoms with E-state index in [2.05, 4.69) is 10.3 Å². The molecule has 0 aliphatic heterocycles. The maximum Gasteiger partial charge on any atom is 0.261 e. The van der Waals surface area contributed by atoms with Crippen molar-refractivity contribution in [2.75, 3.05) is 5.32 Å². The first-order valence-electron chi connectivity index (χ1n) is 7.19.